The van der Waals surface area contributed by atoms with E-state index in [9.17, 15) is 13.6 Å². The highest BCUT2D eigenvalue weighted by Gasteiger charge is 2.15. The first-order valence-corrected chi connectivity index (χ1v) is 5.49. The van der Waals surface area contributed by atoms with Crippen LogP contribution in [-0.4, -0.2) is 10.9 Å². The van der Waals surface area contributed by atoms with E-state index in [0.29, 0.717) is 0 Å². The maximum absolute atomic E-state index is 13.6. The Labute approximate surface area is 108 Å². The molecule has 0 saturated carbocycles. The summed E-state index contributed by atoms with van der Waals surface area (Å²) in [5, 5.41) is 2.47. The number of anilines is 1. The fourth-order valence-electron chi connectivity index (χ4n) is 1.56. The zero-order valence-corrected chi connectivity index (χ0v) is 9.86. The maximum atomic E-state index is 13.6. The van der Waals surface area contributed by atoms with Gasteiger partial charge in [-0.3, -0.25) is 9.78 Å². The molecule has 98 valence electrons. The van der Waals surface area contributed by atoms with Crippen molar-refractivity contribution in [1.82, 2.24) is 10.3 Å². The maximum Gasteiger partial charge on any atom is 0.254 e. The van der Waals surface area contributed by atoms with Gasteiger partial charge >= 0.3 is 0 Å². The fraction of sp³-hybridized carbons (Fsp3) is 0.0769. The average molecular weight is 263 g/mol. The van der Waals surface area contributed by atoms with Gasteiger partial charge in [-0.25, -0.2) is 8.78 Å². The van der Waals surface area contributed by atoms with E-state index in [1.54, 1.807) is 24.5 Å². The molecule has 0 spiro atoms. The normalized spacial score (nSPS) is 10.2. The molecule has 0 aliphatic heterocycles. The third-order valence-corrected chi connectivity index (χ3v) is 2.49. The molecule has 1 heterocycles. The molecule has 0 atom stereocenters. The van der Waals surface area contributed by atoms with E-state index in [0.717, 1.165) is 17.7 Å². The summed E-state index contributed by atoms with van der Waals surface area (Å²) >= 11 is 0. The number of carbonyl (C=O) groups is 1. The third kappa shape index (κ3) is 3.04. The van der Waals surface area contributed by atoms with E-state index in [1.807, 2.05) is 0 Å². The predicted molar refractivity (Wildman–Crippen MR) is 66.2 cm³/mol. The smallest absolute Gasteiger partial charge is 0.254 e. The molecule has 0 aliphatic carbocycles. The molecule has 3 N–H and O–H groups in total. The first-order chi connectivity index (χ1) is 9.08. The minimum atomic E-state index is -0.926. The Morgan fingerprint density at radius 2 is 2.16 bits per heavy atom. The molecule has 0 unspecified atom stereocenters. The van der Waals surface area contributed by atoms with Crippen molar-refractivity contribution < 1.29 is 13.6 Å². The Hall–Kier alpha value is -2.50. The molecule has 0 fully saturated rings. The number of nitrogens with two attached hydrogens (primary N) is 1. The van der Waals surface area contributed by atoms with Crippen LogP contribution in [0.5, 0.6) is 0 Å². The van der Waals surface area contributed by atoms with Gasteiger partial charge in [0.2, 0.25) is 0 Å². The van der Waals surface area contributed by atoms with E-state index in [-0.39, 0.29) is 6.54 Å². The van der Waals surface area contributed by atoms with E-state index >= 15 is 0 Å². The van der Waals surface area contributed by atoms with Crippen molar-refractivity contribution in [3.63, 3.8) is 0 Å². The Balaban J connectivity index is 2.13. The van der Waals surface area contributed by atoms with Gasteiger partial charge in [0.25, 0.3) is 5.91 Å². The SMILES string of the molecule is Nc1cc(F)cc(C(=O)NCc2cccnc2)c1F. The summed E-state index contributed by atoms with van der Waals surface area (Å²) in [5.74, 6) is -2.41. The second-order valence-electron chi connectivity index (χ2n) is 3.90. The molecular weight excluding hydrogens is 252 g/mol. The van der Waals surface area contributed by atoms with Crippen LogP contribution in [0.2, 0.25) is 0 Å². The van der Waals surface area contributed by atoms with Gasteiger partial charge in [0.05, 0.1) is 11.3 Å². The number of carbonyl (C=O) groups excluding carboxylic acids is 1. The predicted octanol–water partition coefficient (Wildman–Crippen LogP) is 1.87. The van der Waals surface area contributed by atoms with E-state index in [1.165, 1.54) is 0 Å². The number of benzene rings is 1. The molecule has 2 aromatic rings. The summed E-state index contributed by atoms with van der Waals surface area (Å²) in [7, 11) is 0. The Kier molecular flexibility index (Phi) is 3.70. The molecular formula is C13H11F2N3O. The minimum absolute atomic E-state index is 0.169. The zero-order chi connectivity index (χ0) is 13.8. The van der Waals surface area contributed by atoms with E-state index in [2.05, 4.69) is 10.3 Å². The molecule has 1 aromatic carbocycles. The number of rotatable bonds is 3. The van der Waals surface area contributed by atoms with Crippen LogP contribution < -0.4 is 11.1 Å². The second-order valence-corrected chi connectivity index (χ2v) is 3.90. The van der Waals surface area contributed by atoms with Crippen LogP contribution in [0.3, 0.4) is 0 Å². The molecule has 19 heavy (non-hydrogen) atoms. The van der Waals surface area contributed by atoms with Gasteiger partial charge in [-0.1, -0.05) is 6.07 Å². The summed E-state index contributed by atoms with van der Waals surface area (Å²) in [5.41, 5.74) is 5.20. The van der Waals surface area contributed by atoms with Crippen molar-refractivity contribution in [2.75, 3.05) is 5.73 Å². The molecule has 0 radical (unpaired) electrons. The van der Waals surface area contributed by atoms with Gasteiger partial charge in [-0.2, -0.15) is 0 Å². The molecule has 0 bridgehead atoms. The Morgan fingerprint density at radius 3 is 2.84 bits per heavy atom. The Bertz CT molecular complexity index is 602. The number of nitrogens with zero attached hydrogens (tertiary/aromatic N) is 1. The molecule has 4 nitrogen and oxygen atoms in total. The van der Waals surface area contributed by atoms with Crippen molar-refractivity contribution in [1.29, 1.82) is 0 Å². The molecule has 6 heteroatoms. The van der Waals surface area contributed by atoms with Gasteiger partial charge in [0.1, 0.15) is 5.82 Å². The second kappa shape index (κ2) is 5.43. The van der Waals surface area contributed by atoms with Gasteiger partial charge in [0.15, 0.2) is 5.82 Å². The summed E-state index contributed by atoms with van der Waals surface area (Å²) in [6.45, 7) is 0.169. The van der Waals surface area contributed by atoms with Crippen molar-refractivity contribution in [2.24, 2.45) is 0 Å². The lowest BCUT2D eigenvalue weighted by atomic mass is 10.1. The first kappa shape index (κ1) is 12.9. The number of aromatic nitrogens is 1. The molecule has 1 amide bonds. The summed E-state index contributed by atoms with van der Waals surface area (Å²) in [4.78, 5) is 15.6. The number of nitrogen functional groups attached to an aromatic ring is 1. The number of pyridine rings is 1. The quantitative estimate of drug-likeness (QED) is 0.831. The summed E-state index contributed by atoms with van der Waals surface area (Å²) in [6.07, 6.45) is 3.16. The average Bonchev–Trinajstić information content (AvgIpc) is 2.41. The summed E-state index contributed by atoms with van der Waals surface area (Å²) < 4.78 is 26.7. The highest BCUT2D eigenvalue weighted by Crippen LogP contribution is 2.17. The molecule has 1 aromatic heterocycles. The largest absolute Gasteiger partial charge is 0.396 e. The number of amides is 1. The number of halogens is 2. The van der Waals surface area contributed by atoms with Gasteiger partial charge in [-0.05, 0) is 23.8 Å². The van der Waals surface area contributed by atoms with Crippen molar-refractivity contribution >= 4 is 11.6 Å². The van der Waals surface area contributed by atoms with Crippen molar-refractivity contribution in [3.05, 3.63) is 59.4 Å². The standard InChI is InChI=1S/C13H11F2N3O/c14-9-4-10(12(15)11(16)5-9)13(19)18-7-8-2-1-3-17-6-8/h1-6H,7,16H2,(H,18,19). The highest BCUT2D eigenvalue weighted by molar-refractivity contribution is 5.95. The van der Waals surface area contributed by atoms with Crippen LogP contribution in [0.4, 0.5) is 14.5 Å². The lowest BCUT2D eigenvalue weighted by molar-refractivity contribution is 0.0946. The van der Waals surface area contributed by atoms with E-state index < -0.39 is 28.8 Å². The van der Waals surface area contributed by atoms with Crippen molar-refractivity contribution in [3.8, 4) is 0 Å². The lowest BCUT2D eigenvalue weighted by Crippen LogP contribution is -2.24. The van der Waals surface area contributed by atoms with Crippen LogP contribution in [0.25, 0.3) is 0 Å². The monoisotopic (exact) mass is 263 g/mol. The van der Waals surface area contributed by atoms with Gasteiger partial charge < -0.3 is 11.1 Å². The van der Waals surface area contributed by atoms with Gasteiger partial charge in [0, 0.05) is 18.9 Å². The van der Waals surface area contributed by atoms with Crippen LogP contribution in [-0.2, 0) is 6.54 Å². The minimum Gasteiger partial charge on any atom is -0.396 e. The zero-order valence-electron chi connectivity index (χ0n) is 9.86. The topological polar surface area (TPSA) is 68.0 Å². The Morgan fingerprint density at radius 1 is 1.37 bits per heavy atom. The van der Waals surface area contributed by atoms with Crippen molar-refractivity contribution in [2.45, 2.75) is 6.54 Å². The fourth-order valence-corrected chi connectivity index (χ4v) is 1.56. The van der Waals surface area contributed by atoms with E-state index in [4.69, 9.17) is 5.73 Å². The highest BCUT2D eigenvalue weighted by atomic mass is 19.1. The first-order valence-electron chi connectivity index (χ1n) is 5.49. The van der Waals surface area contributed by atoms with Crippen LogP contribution in [0.1, 0.15) is 15.9 Å². The number of hydrogen-bond donors (Lipinski definition) is 2. The third-order valence-electron chi connectivity index (χ3n) is 2.49. The molecule has 0 saturated heterocycles. The number of hydrogen-bond acceptors (Lipinski definition) is 3. The van der Waals surface area contributed by atoms with Crippen LogP contribution >= 0.6 is 0 Å². The molecule has 0 aliphatic rings. The number of nitrogens with one attached hydrogen (secondary N) is 1. The van der Waals surface area contributed by atoms with Crippen LogP contribution in [0, 0.1) is 11.6 Å². The molecule has 2 rings (SSSR count). The van der Waals surface area contributed by atoms with Gasteiger partial charge in [-0.15, -0.1) is 0 Å². The summed E-state index contributed by atoms with van der Waals surface area (Å²) in [6, 6.07) is 5.10. The lowest BCUT2D eigenvalue weighted by Gasteiger charge is -2.07. The van der Waals surface area contributed by atoms with Crippen LogP contribution in [0.15, 0.2) is 36.7 Å².